The lowest BCUT2D eigenvalue weighted by Gasteiger charge is -2.25. The topological polar surface area (TPSA) is 74.6 Å². The van der Waals surface area contributed by atoms with Crippen LogP contribution in [-0.4, -0.2) is 35.9 Å². The maximum absolute atomic E-state index is 13.2. The first-order valence-electron chi connectivity index (χ1n) is 10.5. The summed E-state index contributed by atoms with van der Waals surface area (Å²) in [5.41, 5.74) is 3.59. The fraction of sp³-hybridized carbons (Fsp3) is 0.409. The molecule has 8 heteroatoms. The van der Waals surface area contributed by atoms with Gasteiger partial charge in [-0.2, -0.15) is 0 Å². The molecule has 0 amide bonds. The Labute approximate surface area is 176 Å². The molecule has 0 unspecified atom stereocenters. The van der Waals surface area contributed by atoms with E-state index >= 15 is 0 Å². The first-order chi connectivity index (χ1) is 14.8. The number of furan rings is 1. The molecule has 154 valence electrons. The summed E-state index contributed by atoms with van der Waals surface area (Å²) in [7, 11) is 0. The second kappa shape index (κ2) is 7.21. The molecule has 0 aromatic carbocycles. The van der Waals surface area contributed by atoms with Gasteiger partial charge in [-0.15, -0.1) is 0 Å². The quantitative estimate of drug-likeness (QED) is 0.507. The van der Waals surface area contributed by atoms with E-state index < -0.39 is 0 Å². The molecule has 0 saturated carbocycles. The van der Waals surface area contributed by atoms with Crippen LogP contribution in [0.25, 0.3) is 20.4 Å². The molecule has 4 aromatic rings. The zero-order chi connectivity index (χ0) is 20.1. The van der Waals surface area contributed by atoms with Gasteiger partial charge < -0.3 is 9.15 Å². The lowest BCUT2D eigenvalue weighted by molar-refractivity contribution is -0.328. The number of rotatable bonds is 3. The third-order valence-corrected chi connectivity index (χ3v) is 7.27. The molecule has 7 nitrogen and oxygen atoms in total. The number of fused-ring (bicyclic) bond motifs is 5. The van der Waals surface area contributed by atoms with Gasteiger partial charge in [-0.05, 0) is 43.4 Å². The first kappa shape index (κ1) is 18.1. The molecule has 1 fully saturated rings. The Hall–Kier alpha value is -2.71. The summed E-state index contributed by atoms with van der Waals surface area (Å²) in [6, 6.07) is 3.71. The van der Waals surface area contributed by atoms with Gasteiger partial charge in [-0.3, -0.25) is 14.3 Å². The molecule has 5 heterocycles. The highest BCUT2D eigenvalue weighted by Gasteiger charge is 2.30. The Morgan fingerprint density at radius 1 is 1.17 bits per heavy atom. The Balaban J connectivity index is 1.55. The Kier molecular flexibility index (Phi) is 4.35. The largest absolute Gasteiger partial charge is 0.467 e. The lowest BCUT2D eigenvalue weighted by Crippen LogP contribution is -2.40. The molecule has 30 heavy (non-hydrogen) atoms. The van der Waals surface area contributed by atoms with Gasteiger partial charge in [0.15, 0.2) is 4.83 Å². The monoisotopic (exact) mass is 423 g/mol. The fourth-order valence-electron chi connectivity index (χ4n) is 4.73. The van der Waals surface area contributed by atoms with Gasteiger partial charge in [0.1, 0.15) is 29.1 Å². The highest BCUT2D eigenvalue weighted by molar-refractivity contribution is 7.25. The number of nitrogens with one attached hydrogen (secondary N) is 1. The van der Waals surface area contributed by atoms with E-state index in [-0.39, 0.29) is 5.56 Å². The minimum absolute atomic E-state index is 0.0107. The lowest BCUT2D eigenvalue weighted by atomic mass is 9.90. The van der Waals surface area contributed by atoms with Crippen LogP contribution in [0.2, 0.25) is 0 Å². The van der Waals surface area contributed by atoms with Crippen LogP contribution < -0.4 is 15.4 Å². The standard InChI is InChI=1S/C22H22N4O3S/c27-22-19-18(23-13-26(22)12-14-4-3-9-29-14)17-15-5-1-2-6-16(15)20(24-21(17)30-19)25-7-10-28-11-8-25/h3-4,9,13H,1-2,5-8,10-12H2/p+1. The molecule has 0 atom stereocenters. The number of aryl methyl sites for hydroxylation is 1. The normalized spacial score (nSPS) is 17.0. The van der Waals surface area contributed by atoms with E-state index in [1.165, 1.54) is 41.1 Å². The Morgan fingerprint density at radius 2 is 2.00 bits per heavy atom. The Bertz CT molecular complexity index is 1290. The van der Waals surface area contributed by atoms with Crippen molar-refractivity contribution in [3.63, 3.8) is 0 Å². The average molecular weight is 424 g/mol. The van der Waals surface area contributed by atoms with Gasteiger partial charge in [-0.1, -0.05) is 11.3 Å². The molecule has 0 radical (unpaired) electrons. The zero-order valence-corrected chi connectivity index (χ0v) is 17.5. The number of hydrogen-bond donors (Lipinski definition) is 0. The van der Waals surface area contributed by atoms with Crippen molar-refractivity contribution in [2.45, 2.75) is 32.2 Å². The average Bonchev–Trinajstić information content (AvgIpc) is 3.44. The number of nitrogens with zero attached hydrogens (tertiary/aromatic N) is 3. The van der Waals surface area contributed by atoms with Gasteiger partial charge in [0.25, 0.3) is 11.4 Å². The van der Waals surface area contributed by atoms with E-state index in [9.17, 15) is 4.79 Å². The molecule has 1 N–H and O–H groups in total. The van der Waals surface area contributed by atoms with Crippen molar-refractivity contribution in [2.24, 2.45) is 0 Å². The number of aromatic nitrogens is 3. The van der Waals surface area contributed by atoms with Gasteiger partial charge >= 0.3 is 0 Å². The van der Waals surface area contributed by atoms with Crippen LogP contribution in [0.3, 0.4) is 0 Å². The number of morpholine rings is 1. The minimum atomic E-state index is -0.0107. The predicted octanol–water partition coefficient (Wildman–Crippen LogP) is 2.78. The predicted molar refractivity (Wildman–Crippen MR) is 115 cm³/mol. The first-order valence-corrected chi connectivity index (χ1v) is 11.3. The van der Waals surface area contributed by atoms with Crippen molar-refractivity contribution in [3.8, 4) is 0 Å². The van der Waals surface area contributed by atoms with Crippen molar-refractivity contribution < 1.29 is 14.1 Å². The van der Waals surface area contributed by atoms with Crippen molar-refractivity contribution >= 4 is 37.6 Å². The third kappa shape index (κ3) is 2.86. The summed E-state index contributed by atoms with van der Waals surface area (Å²) in [4.78, 5) is 25.1. The molecule has 0 bridgehead atoms. The summed E-state index contributed by atoms with van der Waals surface area (Å²) < 4.78 is 13.3. The molecule has 1 saturated heterocycles. The van der Waals surface area contributed by atoms with Crippen molar-refractivity contribution in [1.29, 1.82) is 0 Å². The number of hydrogen-bond acceptors (Lipinski definition) is 6. The molecule has 0 spiro atoms. The highest BCUT2D eigenvalue weighted by Crippen LogP contribution is 2.38. The second-order valence-electron chi connectivity index (χ2n) is 7.98. The van der Waals surface area contributed by atoms with Crippen molar-refractivity contribution in [2.75, 3.05) is 31.2 Å². The van der Waals surface area contributed by atoms with Crippen LogP contribution in [0, 0.1) is 0 Å². The number of ether oxygens (including phenoxy) is 1. The van der Waals surface area contributed by atoms with E-state index in [0.717, 1.165) is 60.6 Å². The van der Waals surface area contributed by atoms with Crippen molar-refractivity contribution in [1.82, 2.24) is 9.55 Å². The van der Waals surface area contributed by atoms with Gasteiger partial charge in [0.05, 0.1) is 37.7 Å². The van der Waals surface area contributed by atoms with Gasteiger partial charge in [-0.25, -0.2) is 9.97 Å². The summed E-state index contributed by atoms with van der Waals surface area (Å²) >= 11 is 1.53. The SMILES string of the molecule is O=c1c2sc3[nH+]c(N4CCOCC4)c4c(c3c2ncn1Cc1ccco1)CCCC4. The van der Waals surface area contributed by atoms with Crippen LogP contribution in [0.5, 0.6) is 0 Å². The number of pyridine rings is 1. The smallest absolute Gasteiger partial charge is 0.279 e. The number of thiophene rings is 1. The van der Waals surface area contributed by atoms with E-state index in [1.54, 1.807) is 17.2 Å². The maximum Gasteiger partial charge on any atom is 0.279 e. The maximum atomic E-state index is 13.2. The zero-order valence-electron chi connectivity index (χ0n) is 16.6. The van der Waals surface area contributed by atoms with Crippen LogP contribution in [0.15, 0.2) is 33.9 Å². The third-order valence-electron chi connectivity index (χ3n) is 6.19. The molecular weight excluding hydrogens is 400 g/mol. The van der Waals surface area contributed by atoms with Crippen LogP contribution in [-0.2, 0) is 24.1 Å². The van der Waals surface area contributed by atoms with E-state index in [0.29, 0.717) is 11.2 Å². The molecule has 6 rings (SSSR count). The summed E-state index contributed by atoms with van der Waals surface area (Å²) in [6.45, 7) is 3.70. The number of aromatic amines is 1. The van der Waals surface area contributed by atoms with Crippen LogP contribution in [0.1, 0.15) is 29.7 Å². The van der Waals surface area contributed by atoms with Gasteiger partial charge in [0.2, 0.25) is 0 Å². The molecule has 2 aliphatic rings. The minimum Gasteiger partial charge on any atom is -0.467 e. The Morgan fingerprint density at radius 3 is 2.80 bits per heavy atom. The van der Waals surface area contributed by atoms with Crippen LogP contribution in [0.4, 0.5) is 5.82 Å². The molecule has 4 aromatic heterocycles. The fourth-order valence-corrected chi connectivity index (χ4v) is 5.86. The van der Waals surface area contributed by atoms with Crippen molar-refractivity contribution in [3.05, 3.63) is 52.0 Å². The van der Waals surface area contributed by atoms with Crippen LogP contribution >= 0.6 is 11.3 Å². The van der Waals surface area contributed by atoms with E-state index in [2.05, 4.69) is 9.88 Å². The molecule has 1 aliphatic carbocycles. The highest BCUT2D eigenvalue weighted by atomic mass is 32.1. The van der Waals surface area contributed by atoms with E-state index in [4.69, 9.17) is 14.1 Å². The number of anilines is 1. The molecule has 1 aliphatic heterocycles. The summed E-state index contributed by atoms with van der Waals surface area (Å²) in [6.07, 6.45) is 7.78. The number of H-pyrrole nitrogens is 1. The molecular formula is C22H23N4O3S+. The second-order valence-corrected chi connectivity index (χ2v) is 9.00. The van der Waals surface area contributed by atoms with Gasteiger partial charge in [0, 0.05) is 5.56 Å². The van der Waals surface area contributed by atoms with E-state index in [1.807, 2.05) is 12.1 Å². The summed E-state index contributed by atoms with van der Waals surface area (Å²) in [5, 5.41) is 1.14. The summed E-state index contributed by atoms with van der Waals surface area (Å²) in [5.74, 6) is 1.96.